The van der Waals surface area contributed by atoms with Crippen LogP contribution in [0.2, 0.25) is 0 Å². The SMILES string of the molecule is N#Cc1oc2ccccc2c1OCCSC(F)(F)F. The fourth-order valence-electron chi connectivity index (χ4n) is 1.54. The van der Waals surface area contributed by atoms with Gasteiger partial charge in [0.05, 0.1) is 12.0 Å². The Morgan fingerprint density at radius 1 is 1.32 bits per heavy atom. The van der Waals surface area contributed by atoms with E-state index >= 15 is 0 Å². The Morgan fingerprint density at radius 2 is 2.05 bits per heavy atom. The normalized spacial score (nSPS) is 11.5. The number of para-hydroxylation sites is 1. The van der Waals surface area contributed by atoms with Gasteiger partial charge in [0.1, 0.15) is 11.7 Å². The molecule has 100 valence electrons. The van der Waals surface area contributed by atoms with Crippen LogP contribution in [-0.4, -0.2) is 17.9 Å². The first-order valence-electron chi connectivity index (χ1n) is 5.26. The molecule has 1 heterocycles. The molecule has 0 aliphatic heterocycles. The standard InChI is InChI=1S/C12H8F3NO2S/c13-12(14,15)19-6-5-17-11-8-3-1-2-4-9(8)18-10(11)7-16/h1-4H,5-6H2. The first-order chi connectivity index (χ1) is 9.01. The molecule has 7 heteroatoms. The third-order valence-electron chi connectivity index (χ3n) is 2.25. The third-order valence-corrected chi connectivity index (χ3v) is 2.95. The van der Waals surface area contributed by atoms with E-state index in [2.05, 4.69) is 0 Å². The highest BCUT2D eigenvalue weighted by molar-refractivity contribution is 8.00. The molecule has 1 aromatic heterocycles. The van der Waals surface area contributed by atoms with Gasteiger partial charge in [-0.15, -0.1) is 0 Å². The lowest BCUT2D eigenvalue weighted by atomic mass is 10.2. The third kappa shape index (κ3) is 3.35. The number of nitriles is 1. The van der Waals surface area contributed by atoms with Gasteiger partial charge in [-0.1, -0.05) is 12.1 Å². The summed E-state index contributed by atoms with van der Waals surface area (Å²) in [7, 11) is 0. The number of hydrogen-bond donors (Lipinski definition) is 0. The van der Waals surface area contributed by atoms with E-state index in [4.69, 9.17) is 14.4 Å². The van der Waals surface area contributed by atoms with Crippen LogP contribution in [0, 0.1) is 11.3 Å². The Kier molecular flexibility index (Phi) is 3.90. The summed E-state index contributed by atoms with van der Waals surface area (Å²) in [5, 5.41) is 9.48. The molecule has 0 bridgehead atoms. The average molecular weight is 287 g/mol. The molecule has 0 aliphatic rings. The van der Waals surface area contributed by atoms with Gasteiger partial charge >= 0.3 is 5.51 Å². The zero-order valence-electron chi connectivity index (χ0n) is 9.53. The number of halogens is 3. The Hall–Kier alpha value is -1.81. The fraction of sp³-hybridized carbons (Fsp3) is 0.250. The van der Waals surface area contributed by atoms with Crippen LogP contribution in [0.15, 0.2) is 28.7 Å². The van der Waals surface area contributed by atoms with Gasteiger partial charge in [-0.2, -0.15) is 18.4 Å². The van der Waals surface area contributed by atoms with E-state index in [1.165, 1.54) is 0 Å². The fourth-order valence-corrected chi connectivity index (χ4v) is 1.94. The van der Waals surface area contributed by atoms with Gasteiger partial charge in [-0.3, -0.25) is 0 Å². The van der Waals surface area contributed by atoms with Gasteiger partial charge in [0.25, 0.3) is 0 Å². The van der Waals surface area contributed by atoms with E-state index in [-0.39, 0.29) is 35.6 Å². The number of hydrogen-bond acceptors (Lipinski definition) is 4. The second-order valence-electron chi connectivity index (χ2n) is 3.51. The molecule has 0 fully saturated rings. The van der Waals surface area contributed by atoms with E-state index in [0.717, 1.165) is 0 Å². The molecule has 0 unspecified atom stereocenters. The van der Waals surface area contributed by atoms with Crippen LogP contribution in [0.3, 0.4) is 0 Å². The molecular formula is C12H8F3NO2S. The Balaban J connectivity index is 2.10. The predicted molar refractivity (Wildman–Crippen MR) is 64.9 cm³/mol. The van der Waals surface area contributed by atoms with Crippen LogP contribution in [0.25, 0.3) is 11.0 Å². The van der Waals surface area contributed by atoms with Crippen LogP contribution >= 0.6 is 11.8 Å². The lowest BCUT2D eigenvalue weighted by molar-refractivity contribution is -0.0329. The van der Waals surface area contributed by atoms with Crippen LogP contribution in [0.4, 0.5) is 13.2 Å². The number of rotatable bonds is 4. The Labute approximate surface area is 110 Å². The Bertz CT molecular complexity index is 615. The topological polar surface area (TPSA) is 46.2 Å². The highest BCUT2D eigenvalue weighted by Crippen LogP contribution is 2.33. The van der Waals surface area contributed by atoms with Gasteiger partial charge in [0.2, 0.25) is 5.76 Å². The van der Waals surface area contributed by atoms with E-state index in [9.17, 15) is 13.2 Å². The largest absolute Gasteiger partial charge is 0.487 e. The van der Waals surface area contributed by atoms with E-state index in [1.54, 1.807) is 24.3 Å². The van der Waals surface area contributed by atoms with Crippen molar-refractivity contribution in [3.8, 4) is 11.8 Å². The number of benzene rings is 1. The number of fused-ring (bicyclic) bond motifs is 1. The quantitative estimate of drug-likeness (QED) is 0.799. The van der Waals surface area contributed by atoms with Crippen molar-refractivity contribution in [1.82, 2.24) is 0 Å². The minimum atomic E-state index is -4.28. The first kappa shape index (κ1) is 13.6. The van der Waals surface area contributed by atoms with Crippen LogP contribution in [0.5, 0.6) is 5.75 Å². The minimum absolute atomic E-state index is 0.0294. The number of furan rings is 1. The molecule has 0 saturated carbocycles. The molecule has 3 nitrogen and oxygen atoms in total. The molecule has 0 amide bonds. The molecule has 2 aromatic rings. The van der Waals surface area contributed by atoms with Gasteiger partial charge in [-0.25, -0.2) is 0 Å². The zero-order valence-corrected chi connectivity index (χ0v) is 10.3. The van der Waals surface area contributed by atoms with E-state index in [0.29, 0.717) is 11.0 Å². The lowest BCUT2D eigenvalue weighted by Gasteiger charge is -2.06. The molecule has 19 heavy (non-hydrogen) atoms. The number of thioether (sulfide) groups is 1. The van der Waals surface area contributed by atoms with E-state index < -0.39 is 5.51 Å². The van der Waals surface area contributed by atoms with Gasteiger partial charge in [-0.05, 0) is 23.9 Å². The van der Waals surface area contributed by atoms with Crippen molar-refractivity contribution in [3.05, 3.63) is 30.0 Å². The smallest absolute Gasteiger partial charge is 0.441 e. The maximum Gasteiger partial charge on any atom is 0.441 e. The monoisotopic (exact) mass is 287 g/mol. The van der Waals surface area contributed by atoms with Crippen LogP contribution in [-0.2, 0) is 0 Å². The van der Waals surface area contributed by atoms with Gasteiger partial charge < -0.3 is 9.15 Å². The Morgan fingerprint density at radius 3 is 2.74 bits per heavy atom. The summed E-state index contributed by atoms with van der Waals surface area (Å²) in [5.41, 5.74) is -3.81. The minimum Gasteiger partial charge on any atom is -0.487 e. The summed E-state index contributed by atoms with van der Waals surface area (Å²) in [5.74, 6) is -0.0764. The first-order valence-corrected chi connectivity index (χ1v) is 6.25. The molecule has 0 aliphatic carbocycles. The number of alkyl halides is 3. The van der Waals surface area contributed by atoms with Crippen molar-refractivity contribution in [2.24, 2.45) is 0 Å². The maximum atomic E-state index is 12.0. The number of nitrogens with zero attached hydrogens (tertiary/aromatic N) is 1. The molecule has 0 saturated heterocycles. The second kappa shape index (κ2) is 5.45. The van der Waals surface area contributed by atoms with Crippen LogP contribution in [0.1, 0.15) is 5.76 Å². The summed E-state index contributed by atoms with van der Waals surface area (Å²) in [4.78, 5) is 0. The summed E-state index contributed by atoms with van der Waals surface area (Å²) in [6.45, 7) is -0.150. The lowest BCUT2D eigenvalue weighted by Crippen LogP contribution is -2.07. The van der Waals surface area contributed by atoms with Crippen molar-refractivity contribution in [2.75, 3.05) is 12.4 Å². The maximum absolute atomic E-state index is 12.0. The van der Waals surface area contributed by atoms with Crippen molar-refractivity contribution in [3.63, 3.8) is 0 Å². The molecule has 0 radical (unpaired) electrons. The second-order valence-corrected chi connectivity index (χ2v) is 4.67. The highest BCUT2D eigenvalue weighted by Gasteiger charge is 2.27. The summed E-state index contributed by atoms with van der Waals surface area (Å²) in [6, 6.07) is 8.63. The summed E-state index contributed by atoms with van der Waals surface area (Å²) in [6.07, 6.45) is 0. The van der Waals surface area contributed by atoms with Crippen molar-refractivity contribution >= 4 is 22.7 Å². The van der Waals surface area contributed by atoms with Crippen molar-refractivity contribution in [2.45, 2.75) is 5.51 Å². The van der Waals surface area contributed by atoms with Crippen molar-refractivity contribution < 1.29 is 22.3 Å². The number of ether oxygens (including phenoxy) is 1. The molecule has 2 rings (SSSR count). The zero-order chi connectivity index (χ0) is 13.9. The molecule has 0 N–H and O–H groups in total. The van der Waals surface area contributed by atoms with E-state index in [1.807, 2.05) is 6.07 Å². The highest BCUT2D eigenvalue weighted by atomic mass is 32.2. The van der Waals surface area contributed by atoms with Gasteiger partial charge in [0, 0.05) is 5.75 Å². The predicted octanol–water partition coefficient (Wildman–Crippen LogP) is 3.94. The summed E-state index contributed by atoms with van der Waals surface area (Å²) < 4.78 is 46.3. The average Bonchev–Trinajstić information content (AvgIpc) is 2.71. The van der Waals surface area contributed by atoms with Crippen LogP contribution < -0.4 is 4.74 Å². The molecule has 0 atom stereocenters. The van der Waals surface area contributed by atoms with Gasteiger partial charge in [0.15, 0.2) is 5.75 Å². The molecule has 0 spiro atoms. The van der Waals surface area contributed by atoms with Crippen molar-refractivity contribution in [1.29, 1.82) is 5.26 Å². The molecular weight excluding hydrogens is 279 g/mol. The molecule has 1 aromatic carbocycles. The summed E-state index contributed by atoms with van der Waals surface area (Å²) >= 11 is -0.164.